The second kappa shape index (κ2) is 7.03. The van der Waals surface area contributed by atoms with Crippen LogP contribution < -0.4 is 4.74 Å². The van der Waals surface area contributed by atoms with Gasteiger partial charge < -0.3 is 14.4 Å². The fourth-order valence-corrected chi connectivity index (χ4v) is 3.70. The van der Waals surface area contributed by atoms with E-state index in [9.17, 15) is 9.18 Å². The van der Waals surface area contributed by atoms with Crippen molar-refractivity contribution in [2.75, 3.05) is 26.3 Å². The van der Waals surface area contributed by atoms with Crippen molar-refractivity contribution in [2.24, 2.45) is 5.92 Å². The lowest BCUT2D eigenvalue weighted by atomic mass is 9.81. The molecule has 0 aliphatic carbocycles. The van der Waals surface area contributed by atoms with Crippen LogP contribution in [0.25, 0.3) is 0 Å². The number of aromatic nitrogens is 1. The molecule has 1 aromatic heterocycles. The average molecular weight is 356 g/mol. The number of carbonyl (C=O) groups is 1. The van der Waals surface area contributed by atoms with Crippen molar-refractivity contribution < 1.29 is 18.7 Å². The molecule has 1 spiro atoms. The second-order valence-corrected chi connectivity index (χ2v) is 6.93. The molecule has 0 N–H and O–H groups in total. The molecule has 2 aliphatic heterocycles. The van der Waals surface area contributed by atoms with Gasteiger partial charge in [-0.15, -0.1) is 0 Å². The Morgan fingerprint density at radius 3 is 2.96 bits per heavy atom. The summed E-state index contributed by atoms with van der Waals surface area (Å²) in [7, 11) is 0. The summed E-state index contributed by atoms with van der Waals surface area (Å²) in [6, 6.07) is 11.7. The molecule has 3 heterocycles. The zero-order valence-corrected chi connectivity index (χ0v) is 14.4. The van der Waals surface area contributed by atoms with E-state index >= 15 is 0 Å². The summed E-state index contributed by atoms with van der Waals surface area (Å²) < 4.78 is 25.0. The minimum absolute atomic E-state index is 0.00104. The van der Waals surface area contributed by atoms with Crippen molar-refractivity contribution in [3.8, 4) is 5.88 Å². The number of halogens is 1. The van der Waals surface area contributed by atoms with Crippen molar-refractivity contribution in [3.63, 3.8) is 0 Å². The number of amides is 1. The molecular formula is C20H21FN2O3. The van der Waals surface area contributed by atoms with Crippen LogP contribution in [0.15, 0.2) is 48.7 Å². The Balaban J connectivity index is 1.32. The van der Waals surface area contributed by atoms with Crippen LogP contribution in [0.2, 0.25) is 0 Å². The lowest BCUT2D eigenvalue weighted by Crippen LogP contribution is -2.67. The van der Waals surface area contributed by atoms with Crippen molar-refractivity contribution >= 4 is 5.91 Å². The van der Waals surface area contributed by atoms with Crippen molar-refractivity contribution in [2.45, 2.75) is 18.4 Å². The smallest absolute Gasteiger partial charge is 0.227 e. The maximum absolute atomic E-state index is 13.3. The van der Waals surface area contributed by atoms with E-state index in [2.05, 4.69) is 4.98 Å². The molecule has 4 rings (SSSR count). The van der Waals surface area contributed by atoms with Gasteiger partial charge in [-0.1, -0.05) is 18.2 Å². The van der Waals surface area contributed by atoms with Gasteiger partial charge in [0.05, 0.1) is 26.1 Å². The molecule has 5 nitrogen and oxygen atoms in total. The summed E-state index contributed by atoms with van der Waals surface area (Å²) in [4.78, 5) is 18.4. The highest BCUT2D eigenvalue weighted by molar-refractivity contribution is 5.80. The Morgan fingerprint density at radius 2 is 2.19 bits per heavy atom. The zero-order chi connectivity index (χ0) is 18.0. The van der Waals surface area contributed by atoms with Gasteiger partial charge in [-0.05, 0) is 30.2 Å². The second-order valence-electron chi connectivity index (χ2n) is 6.93. The minimum Gasteiger partial charge on any atom is -0.477 e. The minimum atomic E-state index is -0.318. The molecule has 26 heavy (non-hydrogen) atoms. The molecule has 0 saturated carbocycles. The van der Waals surface area contributed by atoms with Crippen LogP contribution in [0, 0.1) is 11.7 Å². The molecule has 2 aliphatic rings. The van der Waals surface area contributed by atoms with E-state index in [1.54, 1.807) is 23.2 Å². The number of carbonyl (C=O) groups excluding carboxylic acids is 1. The van der Waals surface area contributed by atoms with Crippen molar-refractivity contribution in [1.29, 1.82) is 0 Å². The number of rotatable bonds is 5. The van der Waals surface area contributed by atoms with Crippen LogP contribution in [-0.4, -0.2) is 47.7 Å². The lowest BCUT2D eigenvalue weighted by molar-refractivity contribution is -0.166. The average Bonchev–Trinajstić information content (AvgIpc) is 3.03. The Hall–Kier alpha value is -2.47. The van der Waals surface area contributed by atoms with Crippen LogP contribution in [0.4, 0.5) is 4.39 Å². The van der Waals surface area contributed by atoms with E-state index in [0.29, 0.717) is 37.7 Å². The van der Waals surface area contributed by atoms with Gasteiger partial charge in [-0.2, -0.15) is 0 Å². The van der Waals surface area contributed by atoms with Crippen LogP contribution in [-0.2, 0) is 16.0 Å². The van der Waals surface area contributed by atoms with Crippen LogP contribution in [0.3, 0.4) is 0 Å². The third-order valence-electron chi connectivity index (χ3n) is 5.18. The maximum Gasteiger partial charge on any atom is 0.227 e. The van der Waals surface area contributed by atoms with Gasteiger partial charge in [-0.3, -0.25) is 4.79 Å². The molecule has 2 saturated heterocycles. The molecule has 2 aromatic rings. The number of pyridine rings is 1. The quantitative estimate of drug-likeness (QED) is 0.826. The molecule has 1 amide bonds. The Kier molecular flexibility index (Phi) is 4.59. The van der Waals surface area contributed by atoms with E-state index in [0.717, 1.165) is 6.42 Å². The molecule has 1 atom stereocenters. The predicted octanol–water partition coefficient (Wildman–Crippen LogP) is 2.46. The standard InChI is InChI=1S/C20H21FN2O3/c21-17-5-3-4-15(10-17)11-19(24)23-13-20(14-23)16(7-9-26-20)12-25-18-6-1-2-8-22-18/h1-6,8,10,16H,7,9,11-14H2/t16-/m1/s1. The highest BCUT2D eigenvalue weighted by atomic mass is 19.1. The highest BCUT2D eigenvalue weighted by Crippen LogP contribution is 2.40. The van der Waals surface area contributed by atoms with Gasteiger partial charge in [0.15, 0.2) is 0 Å². The first-order chi connectivity index (χ1) is 12.6. The van der Waals surface area contributed by atoms with Gasteiger partial charge >= 0.3 is 0 Å². The topological polar surface area (TPSA) is 51.7 Å². The summed E-state index contributed by atoms with van der Waals surface area (Å²) in [6.07, 6.45) is 2.83. The summed E-state index contributed by atoms with van der Waals surface area (Å²) >= 11 is 0. The number of hydrogen-bond donors (Lipinski definition) is 0. The van der Waals surface area contributed by atoms with Gasteiger partial charge in [0, 0.05) is 24.8 Å². The number of nitrogens with zero attached hydrogens (tertiary/aromatic N) is 2. The first-order valence-corrected chi connectivity index (χ1v) is 8.85. The van der Waals surface area contributed by atoms with E-state index in [1.165, 1.54) is 12.1 Å². The van der Waals surface area contributed by atoms with Gasteiger partial charge in [-0.25, -0.2) is 9.37 Å². The normalized spacial score (nSPS) is 20.8. The first-order valence-electron chi connectivity index (χ1n) is 8.85. The number of likely N-dealkylation sites (tertiary alicyclic amines) is 1. The molecule has 2 fully saturated rings. The molecule has 1 aromatic carbocycles. The van der Waals surface area contributed by atoms with E-state index < -0.39 is 0 Å². The predicted molar refractivity (Wildman–Crippen MR) is 93.2 cm³/mol. The van der Waals surface area contributed by atoms with Crippen LogP contribution >= 0.6 is 0 Å². The van der Waals surface area contributed by atoms with Crippen molar-refractivity contribution in [3.05, 3.63) is 60.0 Å². The monoisotopic (exact) mass is 356 g/mol. The molecule has 0 radical (unpaired) electrons. The van der Waals surface area contributed by atoms with Gasteiger partial charge in [0.1, 0.15) is 11.4 Å². The Bertz CT molecular complexity index is 778. The highest BCUT2D eigenvalue weighted by Gasteiger charge is 2.54. The summed E-state index contributed by atoms with van der Waals surface area (Å²) in [5.41, 5.74) is 0.380. The summed E-state index contributed by atoms with van der Waals surface area (Å²) in [5.74, 6) is 0.526. The zero-order valence-electron chi connectivity index (χ0n) is 14.4. The molecule has 6 heteroatoms. The number of hydrogen-bond acceptors (Lipinski definition) is 4. The molecule has 136 valence electrons. The molecular weight excluding hydrogens is 335 g/mol. The molecule has 0 unspecified atom stereocenters. The van der Waals surface area contributed by atoms with Crippen LogP contribution in [0.1, 0.15) is 12.0 Å². The van der Waals surface area contributed by atoms with Gasteiger partial charge in [0.2, 0.25) is 11.8 Å². The SMILES string of the molecule is O=C(Cc1cccc(F)c1)N1CC2(C1)OCC[C@@H]2COc1ccccn1. The molecule has 0 bridgehead atoms. The number of ether oxygens (including phenoxy) is 2. The van der Waals surface area contributed by atoms with Crippen LogP contribution in [0.5, 0.6) is 5.88 Å². The van der Waals surface area contributed by atoms with E-state index in [-0.39, 0.29) is 29.7 Å². The lowest BCUT2D eigenvalue weighted by Gasteiger charge is -2.50. The Morgan fingerprint density at radius 1 is 1.31 bits per heavy atom. The first kappa shape index (κ1) is 17.0. The van der Waals surface area contributed by atoms with Crippen molar-refractivity contribution in [1.82, 2.24) is 9.88 Å². The van der Waals surface area contributed by atoms with E-state index in [4.69, 9.17) is 9.47 Å². The Labute approximate surface area is 151 Å². The maximum atomic E-state index is 13.3. The fraction of sp³-hybridized carbons (Fsp3) is 0.400. The number of benzene rings is 1. The van der Waals surface area contributed by atoms with E-state index in [1.807, 2.05) is 18.2 Å². The fourth-order valence-electron chi connectivity index (χ4n) is 3.70. The van der Waals surface area contributed by atoms with Gasteiger partial charge in [0.25, 0.3) is 0 Å². The summed E-state index contributed by atoms with van der Waals surface area (Å²) in [6.45, 7) is 2.35. The third-order valence-corrected chi connectivity index (χ3v) is 5.18. The largest absolute Gasteiger partial charge is 0.477 e. The third kappa shape index (κ3) is 3.42. The summed E-state index contributed by atoms with van der Waals surface area (Å²) in [5, 5.41) is 0.